The average Bonchev–Trinajstić information content (AvgIpc) is 3.42. The summed E-state index contributed by atoms with van der Waals surface area (Å²) in [6, 6.07) is 15.7. The molecule has 0 atom stereocenters. The summed E-state index contributed by atoms with van der Waals surface area (Å²) in [5.41, 5.74) is 4.33. The number of aryl methyl sites for hydroxylation is 2. The average molecular weight is 488 g/mol. The second-order valence-corrected chi connectivity index (χ2v) is 9.03. The molecule has 0 aliphatic heterocycles. The Kier molecular flexibility index (Phi) is 6.00. The smallest absolute Gasteiger partial charge is 0.262 e. The van der Waals surface area contributed by atoms with Crippen molar-refractivity contribution in [2.24, 2.45) is 0 Å². The first-order chi connectivity index (χ1) is 16.9. The lowest BCUT2D eigenvalue weighted by Gasteiger charge is -2.09. The fourth-order valence-electron chi connectivity index (χ4n) is 4.04. The van der Waals surface area contributed by atoms with Gasteiger partial charge in [-0.05, 0) is 43.7 Å². The minimum absolute atomic E-state index is 0.0957. The number of rotatable bonds is 6. The van der Waals surface area contributed by atoms with E-state index in [9.17, 15) is 14.0 Å². The van der Waals surface area contributed by atoms with Crippen molar-refractivity contribution < 1.29 is 9.18 Å². The van der Waals surface area contributed by atoms with Crippen LogP contribution < -0.4 is 10.9 Å². The van der Waals surface area contributed by atoms with Crippen LogP contribution in [0.5, 0.6) is 0 Å². The van der Waals surface area contributed by atoms with Gasteiger partial charge < -0.3 is 5.32 Å². The second kappa shape index (κ2) is 9.27. The number of nitrogens with zero attached hydrogens (tertiary/aromatic N) is 4. The molecule has 176 valence electrons. The Morgan fingerprint density at radius 1 is 1.09 bits per heavy atom. The molecule has 5 aromatic rings. The Hall–Kier alpha value is -4.11. The molecule has 0 fully saturated rings. The van der Waals surface area contributed by atoms with Crippen LogP contribution >= 0.6 is 11.3 Å². The molecule has 0 aliphatic rings. The van der Waals surface area contributed by atoms with Crippen LogP contribution in [-0.4, -0.2) is 25.2 Å². The van der Waals surface area contributed by atoms with Gasteiger partial charge in [-0.25, -0.2) is 14.1 Å². The number of halogens is 1. The van der Waals surface area contributed by atoms with E-state index in [0.717, 1.165) is 16.9 Å². The number of fused-ring (bicyclic) bond motifs is 1. The Morgan fingerprint density at radius 3 is 2.57 bits per heavy atom. The van der Waals surface area contributed by atoms with Crippen LogP contribution in [0.15, 0.2) is 71.1 Å². The lowest BCUT2D eigenvalue weighted by Crippen LogP contribution is -2.23. The number of hydrogen-bond donors (Lipinski definition) is 1. The van der Waals surface area contributed by atoms with Crippen molar-refractivity contribution in [3.05, 3.63) is 93.9 Å². The van der Waals surface area contributed by atoms with Gasteiger partial charge in [0.25, 0.3) is 5.56 Å². The fourth-order valence-corrected chi connectivity index (χ4v) is 4.94. The van der Waals surface area contributed by atoms with Gasteiger partial charge in [0.05, 0.1) is 34.5 Å². The molecule has 0 saturated heterocycles. The van der Waals surface area contributed by atoms with Crippen LogP contribution in [0.1, 0.15) is 17.8 Å². The molecule has 1 N–H and O–H groups in total. The predicted molar refractivity (Wildman–Crippen MR) is 136 cm³/mol. The van der Waals surface area contributed by atoms with Crippen LogP contribution in [0.25, 0.3) is 27.0 Å². The molecule has 3 aromatic heterocycles. The van der Waals surface area contributed by atoms with E-state index in [-0.39, 0.29) is 30.2 Å². The third-order valence-electron chi connectivity index (χ3n) is 5.85. The third kappa shape index (κ3) is 4.38. The highest BCUT2D eigenvalue weighted by atomic mass is 32.1. The predicted octanol–water partition coefficient (Wildman–Crippen LogP) is 5.10. The third-order valence-corrected chi connectivity index (χ3v) is 6.74. The SMILES string of the molecule is Cc1nn(-c2ccccc2)c(C)c1NC(=O)CCn1cnc2scc(-c3ccc(F)cc3)c2c1=O. The van der Waals surface area contributed by atoms with Crippen molar-refractivity contribution in [2.45, 2.75) is 26.8 Å². The van der Waals surface area contributed by atoms with E-state index in [4.69, 9.17) is 0 Å². The number of carbonyl (C=O) groups excluding carboxylic acids is 1. The second-order valence-electron chi connectivity index (χ2n) is 8.17. The number of anilines is 1. The highest BCUT2D eigenvalue weighted by molar-refractivity contribution is 7.17. The molecule has 0 bridgehead atoms. The summed E-state index contributed by atoms with van der Waals surface area (Å²) in [5, 5.41) is 9.81. The van der Waals surface area contributed by atoms with Gasteiger partial charge in [-0.2, -0.15) is 5.10 Å². The summed E-state index contributed by atoms with van der Waals surface area (Å²) in [5.74, 6) is -0.561. The first kappa shape index (κ1) is 22.7. The van der Waals surface area contributed by atoms with E-state index in [2.05, 4.69) is 15.4 Å². The molecule has 0 spiro atoms. The van der Waals surface area contributed by atoms with Crippen LogP contribution in [0, 0.1) is 19.7 Å². The fraction of sp³-hybridized carbons (Fsp3) is 0.154. The van der Waals surface area contributed by atoms with Gasteiger partial charge in [0.1, 0.15) is 10.6 Å². The van der Waals surface area contributed by atoms with Gasteiger partial charge in [0.2, 0.25) is 5.91 Å². The van der Waals surface area contributed by atoms with Crippen LogP contribution in [-0.2, 0) is 11.3 Å². The molecule has 0 unspecified atom stereocenters. The summed E-state index contributed by atoms with van der Waals surface area (Å²) >= 11 is 1.36. The van der Waals surface area contributed by atoms with Gasteiger partial charge in [0, 0.05) is 23.9 Å². The molecule has 7 nitrogen and oxygen atoms in total. The highest BCUT2D eigenvalue weighted by Crippen LogP contribution is 2.30. The van der Waals surface area contributed by atoms with E-state index in [1.165, 1.54) is 34.4 Å². The standard InChI is InChI=1S/C26H22FN5O2S/c1-16-24(17(2)32(30-16)20-6-4-3-5-7-20)29-22(33)12-13-31-15-28-25-23(26(31)34)21(14-35-25)18-8-10-19(27)11-9-18/h3-11,14-15H,12-13H2,1-2H3,(H,29,33). The maximum absolute atomic E-state index is 13.3. The van der Waals surface area contributed by atoms with Gasteiger partial charge in [-0.3, -0.25) is 14.2 Å². The van der Waals surface area contributed by atoms with Crippen molar-refractivity contribution >= 4 is 33.1 Å². The largest absolute Gasteiger partial charge is 0.323 e. The minimum atomic E-state index is -0.338. The zero-order valence-corrected chi connectivity index (χ0v) is 20.0. The summed E-state index contributed by atoms with van der Waals surface area (Å²) in [4.78, 5) is 31.0. The zero-order valence-electron chi connectivity index (χ0n) is 19.2. The molecule has 3 heterocycles. The van der Waals surface area contributed by atoms with Crippen LogP contribution in [0.2, 0.25) is 0 Å². The number of carbonyl (C=O) groups is 1. The first-order valence-electron chi connectivity index (χ1n) is 11.1. The molecule has 0 saturated carbocycles. The highest BCUT2D eigenvalue weighted by Gasteiger charge is 2.17. The van der Waals surface area contributed by atoms with Crippen molar-refractivity contribution in [3.63, 3.8) is 0 Å². The molecule has 9 heteroatoms. The Bertz CT molecular complexity index is 1590. The Morgan fingerprint density at radius 2 is 1.83 bits per heavy atom. The van der Waals surface area contributed by atoms with Crippen LogP contribution in [0.4, 0.5) is 10.1 Å². The summed E-state index contributed by atoms with van der Waals surface area (Å²) in [6.07, 6.45) is 1.56. The van der Waals surface area contributed by atoms with E-state index < -0.39 is 0 Å². The number of para-hydroxylation sites is 1. The van der Waals surface area contributed by atoms with Gasteiger partial charge in [0.15, 0.2) is 0 Å². The quantitative estimate of drug-likeness (QED) is 0.362. The number of thiophene rings is 1. The number of aromatic nitrogens is 4. The van der Waals surface area contributed by atoms with E-state index in [1.54, 1.807) is 16.8 Å². The van der Waals surface area contributed by atoms with E-state index in [0.29, 0.717) is 27.2 Å². The van der Waals surface area contributed by atoms with Crippen LogP contribution in [0.3, 0.4) is 0 Å². The van der Waals surface area contributed by atoms with E-state index in [1.807, 2.05) is 49.6 Å². The first-order valence-corrected chi connectivity index (χ1v) is 11.9. The van der Waals surface area contributed by atoms with Crippen molar-refractivity contribution in [1.29, 1.82) is 0 Å². The summed E-state index contributed by atoms with van der Waals surface area (Å²) < 4.78 is 16.6. The van der Waals surface area contributed by atoms with E-state index >= 15 is 0 Å². The number of benzene rings is 2. The number of amides is 1. The normalized spacial score (nSPS) is 11.2. The zero-order chi connectivity index (χ0) is 24.5. The number of hydrogen-bond acceptors (Lipinski definition) is 5. The Labute approximate surface area is 204 Å². The molecule has 1 amide bonds. The minimum Gasteiger partial charge on any atom is -0.323 e. The van der Waals surface area contributed by atoms with Crippen molar-refractivity contribution in [3.8, 4) is 16.8 Å². The molecule has 2 aromatic carbocycles. The summed E-state index contributed by atoms with van der Waals surface area (Å²) in [7, 11) is 0. The summed E-state index contributed by atoms with van der Waals surface area (Å²) in [6.45, 7) is 3.92. The van der Waals surface area contributed by atoms with Crippen molar-refractivity contribution in [2.75, 3.05) is 5.32 Å². The molecule has 0 radical (unpaired) electrons. The lowest BCUT2D eigenvalue weighted by molar-refractivity contribution is -0.116. The molecule has 35 heavy (non-hydrogen) atoms. The topological polar surface area (TPSA) is 81.8 Å². The van der Waals surface area contributed by atoms with Gasteiger partial charge >= 0.3 is 0 Å². The Balaban J connectivity index is 1.35. The maximum Gasteiger partial charge on any atom is 0.262 e. The van der Waals surface area contributed by atoms with Gasteiger partial charge in [-0.15, -0.1) is 11.3 Å². The lowest BCUT2D eigenvalue weighted by atomic mass is 10.1. The molecule has 0 aliphatic carbocycles. The monoisotopic (exact) mass is 487 g/mol. The molecular weight excluding hydrogens is 465 g/mol. The molecule has 5 rings (SSSR count). The van der Waals surface area contributed by atoms with Gasteiger partial charge in [-0.1, -0.05) is 30.3 Å². The molecular formula is C26H22FN5O2S. The maximum atomic E-state index is 13.3. The number of nitrogens with one attached hydrogen (secondary N) is 1. The van der Waals surface area contributed by atoms with Crippen molar-refractivity contribution in [1.82, 2.24) is 19.3 Å².